The molecule has 0 aromatic carbocycles. The fourth-order valence-electron chi connectivity index (χ4n) is 1.85. The van der Waals surface area contributed by atoms with Crippen LogP contribution in [0.4, 0.5) is 5.95 Å². The number of anilines is 1. The highest BCUT2D eigenvalue weighted by atomic mass is 35.5. The van der Waals surface area contributed by atoms with Crippen molar-refractivity contribution >= 4 is 34.6 Å². The molecule has 1 amide bonds. The summed E-state index contributed by atoms with van der Waals surface area (Å²) >= 11 is 5.98. The first-order valence-electron chi connectivity index (χ1n) is 5.73. The molecule has 0 atom stereocenters. The number of carbonyl (C=O) groups excluding carboxylic acids is 1. The molecule has 0 spiro atoms. The summed E-state index contributed by atoms with van der Waals surface area (Å²) in [6.07, 6.45) is 3.08. The normalized spacial score (nSPS) is 10.9. The van der Waals surface area contributed by atoms with Gasteiger partial charge in [-0.15, -0.1) is 0 Å². The lowest BCUT2D eigenvalue weighted by Crippen LogP contribution is -2.14. The van der Waals surface area contributed by atoms with E-state index in [9.17, 15) is 4.79 Å². The molecule has 3 aromatic rings. The number of nitrogens with one attached hydrogen (secondary N) is 2. The van der Waals surface area contributed by atoms with Crippen LogP contribution in [0.3, 0.4) is 0 Å². The number of imidazole rings is 1. The second-order valence-electron chi connectivity index (χ2n) is 4.20. The lowest BCUT2D eigenvalue weighted by Gasteiger charge is -2.03. The Kier molecular flexibility index (Phi) is 2.87. The van der Waals surface area contributed by atoms with Gasteiger partial charge in [-0.1, -0.05) is 11.6 Å². The van der Waals surface area contributed by atoms with E-state index < -0.39 is 0 Å². The topological polar surface area (TPSA) is 101 Å². The Morgan fingerprint density at radius 2 is 2.25 bits per heavy atom. The van der Waals surface area contributed by atoms with Gasteiger partial charge >= 0.3 is 0 Å². The summed E-state index contributed by atoms with van der Waals surface area (Å²) < 4.78 is 1.56. The van der Waals surface area contributed by atoms with Gasteiger partial charge in [-0.2, -0.15) is 15.1 Å². The highest BCUT2D eigenvalue weighted by Gasteiger charge is 2.15. The number of aryl methyl sites for hydroxylation is 2. The van der Waals surface area contributed by atoms with Crippen molar-refractivity contribution in [2.75, 3.05) is 5.32 Å². The predicted molar refractivity (Wildman–Crippen MR) is 72.6 cm³/mol. The van der Waals surface area contributed by atoms with E-state index in [0.29, 0.717) is 22.4 Å². The van der Waals surface area contributed by atoms with Crippen LogP contribution in [0.1, 0.15) is 16.1 Å². The van der Waals surface area contributed by atoms with Gasteiger partial charge in [-0.25, -0.2) is 4.98 Å². The van der Waals surface area contributed by atoms with Crippen LogP contribution >= 0.6 is 11.6 Å². The third kappa shape index (κ3) is 2.10. The molecule has 0 aliphatic heterocycles. The average Bonchev–Trinajstić information content (AvgIpc) is 2.95. The minimum Gasteiger partial charge on any atom is -0.341 e. The van der Waals surface area contributed by atoms with Crippen molar-refractivity contribution in [1.29, 1.82) is 0 Å². The molecule has 3 rings (SSSR count). The largest absolute Gasteiger partial charge is 0.341 e. The number of amides is 1. The zero-order chi connectivity index (χ0) is 14.3. The van der Waals surface area contributed by atoms with Crippen LogP contribution in [0, 0.1) is 6.92 Å². The maximum atomic E-state index is 12.1. The van der Waals surface area contributed by atoms with Gasteiger partial charge in [0.2, 0.25) is 5.95 Å². The van der Waals surface area contributed by atoms with Gasteiger partial charge < -0.3 is 4.98 Å². The number of rotatable bonds is 2. The van der Waals surface area contributed by atoms with Gasteiger partial charge in [-0.3, -0.25) is 14.8 Å². The molecule has 20 heavy (non-hydrogen) atoms. The summed E-state index contributed by atoms with van der Waals surface area (Å²) in [5.41, 5.74) is 2.00. The summed E-state index contributed by atoms with van der Waals surface area (Å²) in [5.74, 6) is -0.246. The Morgan fingerprint density at radius 1 is 1.45 bits per heavy atom. The van der Waals surface area contributed by atoms with Crippen molar-refractivity contribution in [2.24, 2.45) is 7.05 Å². The zero-order valence-corrected chi connectivity index (χ0v) is 11.4. The van der Waals surface area contributed by atoms with Gasteiger partial charge in [0.1, 0.15) is 5.52 Å². The first-order chi connectivity index (χ1) is 9.54. The minimum absolute atomic E-state index is 0.0999. The molecule has 0 aliphatic rings. The molecule has 8 nitrogen and oxygen atoms in total. The molecule has 0 saturated carbocycles. The van der Waals surface area contributed by atoms with Crippen LogP contribution in [0.15, 0.2) is 12.5 Å². The number of H-pyrrole nitrogens is 1. The molecular formula is C11H10ClN7O. The number of hydrogen-bond donors (Lipinski definition) is 2. The molecule has 102 valence electrons. The molecule has 0 unspecified atom stereocenters. The molecule has 3 aromatic heterocycles. The number of halogens is 1. The van der Waals surface area contributed by atoms with Crippen molar-refractivity contribution < 1.29 is 4.79 Å². The molecule has 0 aliphatic carbocycles. The predicted octanol–water partition coefficient (Wildman–Crippen LogP) is 1.30. The van der Waals surface area contributed by atoms with Crippen molar-refractivity contribution in [3.05, 3.63) is 28.9 Å². The van der Waals surface area contributed by atoms with Crippen molar-refractivity contribution in [2.45, 2.75) is 6.92 Å². The number of carbonyl (C=O) groups is 1. The second-order valence-corrected chi connectivity index (χ2v) is 4.55. The summed E-state index contributed by atoms with van der Waals surface area (Å²) in [6, 6.07) is 0. The summed E-state index contributed by atoms with van der Waals surface area (Å²) in [6.45, 7) is 1.75. The van der Waals surface area contributed by atoms with E-state index in [1.807, 2.05) is 0 Å². The van der Waals surface area contributed by atoms with E-state index in [2.05, 4.69) is 30.4 Å². The fourth-order valence-corrected chi connectivity index (χ4v) is 2.06. The summed E-state index contributed by atoms with van der Waals surface area (Å²) in [4.78, 5) is 27.0. The summed E-state index contributed by atoms with van der Waals surface area (Å²) in [7, 11) is 1.74. The standard InChI is InChI=1S/C11H10ClN7O/c1-5-6(3-19(2)18-5)10(20)17-11-15-8(12)7-9(16-11)14-4-13-7/h3-4H,1-2H3,(H2,13,14,15,16,17,20). The summed E-state index contributed by atoms with van der Waals surface area (Å²) in [5, 5.41) is 6.89. The molecule has 0 radical (unpaired) electrons. The van der Waals surface area contributed by atoms with E-state index in [1.165, 1.54) is 6.33 Å². The number of hydrogen-bond acceptors (Lipinski definition) is 5. The van der Waals surface area contributed by atoms with Gasteiger partial charge in [0.05, 0.1) is 17.6 Å². The monoisotopic (exact) mass is 291 g/mol. The van der Waals surface area contributed by atoms with Gasteiger partial charge in [0.15, 0.2) is 10.8 Å². The van der Waals surface area contributed by atoms with E-state index in [-0.39, 0.29) is 17.0 Å². The zero-order valence-electron chi connectivity index (χ0n) is 10.7. The molecule has 2 N–H and O–H groups in total. The van der Waals surface area contributed by atoms with Crippen molar-refractivity contribution in [1.82, 2.24) is 29.7 Å². The Morgan fingerprint density at radius 3 is 2.95 bits per heavy atom. The highest BCUT2D eigenvalue weighted by molar-refractivity contribution is 6.33. The van der Waals surface area contributed by atoms with Crippen molar-refractivity contribution in [3.63, 3.8) is 0 Å². The maximum absolute atomic E-state index is 12.1. The molecule has 0 fully saturated rings. The first-order valence-corrected chi connectivity index (χ1v) is 6.10. The number of fused-ring (bicyclic) bond motifs is 1. The van der Waals surface area contributed by atoms with Crippen molar-refractivity contribution in [3.8, 4) is 0 Å². The average molecular weight is 292 g/mol. The van der Waals surface area contributed by atoms with Crippen LogP contribution in [-0.4, -0.2) is 35.6 Å². The van der Waals surface area contributed by atoms with Crippen LogP contribution < -0.4 is 5.32 Å². The molecule has 0 saturated heterocycles. The van der Waals surface area contributed by atoms with E-state index in [0.717, 1.165) is 0 Å². The number of nitrogens with zero attached hydrogens (tertiary/aromatic N) is 5. The first kappa shape index (κ1) is 12.5. The van der Waals surface area contributed by atoms with E-state index >= 15 is 0 Å². The molecule has 9 heteroatoms. The van der Waals surface area contributed by atoms with E-state index in [1.54, 1.807) is 24.9 Å². The Bertz CT molecular complexity index is 806. The third-order valence-corrected chi connectivity index (χ3v) is 3.00. The highest BCUT2D eigenvalue weighted by Crippen LogP contribution is 2.18. The lowest BCUT2D eigenvalue weighted by atomic mass is 10.2. The quantitative estimate of drug-likeness (QED) is 0.693. The maximum Gasteiger partial charge on any atom is 0.261 e. The van der Waals surface area contributed by atoms with Crippen LogP contribution in [0.25, 0.3) is 11.2 Å². The second kappa shape index (κ2) is 4.57. The lowest BCUT2D eigenvalue weighted by molar-refractivity contribution is 0.102. The molecule has 0 bridgehead atoms. The number of aromatic amines is 1. The Labute approximate surface area is 118 Å². The number of aromatic nitrogens is 6. The smallest absolute Gasteiger partial charge is 0.261 e. The van der Waals surface area contributed by atoms with E-state index in [4.69, 9.17) is 11.6 Å². The Hall–Kier alpha value is -2.48. The molecule has 3 heterocycles. The Balaban J connectivity index is 1.93. The third-order valence-electron chi connectivity index (χ3n) is 2.72. The SMILES string of the molecule is Cc1nn(C)cc1C(=O)Nc1nc(Cl)c2[nH]cnc2n1. The van der Waals surface area contributed by atoms with Crippen LogP contribution in [0.5, 0.6) is 0 Å². The van der Waals surface area contributed by atoms with Crippen LogP contribution in [0.2, 0.25) is 5.15 Å². The van der Waals surface area contributed by atoms with Gasteiger partial charge in [0.25, 0.3) is 5.91 Å². The fraction of sp³-hybridized carbons (Fsp3) is 0.182. The minimum atomic E-state index is -0.346. The van der Waals surface area contributed by atoms with Crippen LogP contribution in [-0.2, 0) is 7.05 Å². The van der Waals surface area contributed by atoms with Gasteiger partial charge in [0, 0.05) is 13.2 Å². The van der Waals surface area contributed by atoms with Gasteiger partial charge in [-0.05, 0) is 6.92 Å². The molecular weight excluding hydrogens is 282 g/mol.